The topological polar surface area (TPSA) is 65.8 Å². The summed E-state index contributed by atoms with van der Waals surface area (Å²) in [4.78, 5) is 17.2. The number of benzene rings is 2. The van der Waals surface area contributed by atoms with E-state index in [2.05, 4.69) is 30.0 Å². The molecule has 1 saturated heterocycles. The van der Waals surface area contributed by atoms with Crippen molar-refractivity contribution in [3.8, 4) is 17.6 Å². The number of carbonyl (C=O) groups is 1. The number of methoxy groups -OCH3 is 2. The van der Waals surface area contributed by atoms with Crippen molar-refractivity contribution in [1.29, 1.82) is 5.26 Å². The van der Waals surface area contributed by atoms with E-state index in [-0.39, 0.29) is 24.3 Å². The Balaban J connectivity index is 1.63. The predicted octanol–water partition coefficient (Wildman–Crippen LogP) is 4.48. The van der Waals surface area contributed by atoms with Gasteiger partial charge in [-0.3, -0.25) is 14.6 Å². The fraction of sp³-hybridized carbons (Fsp3) is 0.333. The minimum absolute atomic E-state index is 0.0336. The van der Waals surface area contributed by atoms with E-state index in [0.29, 0.717) is 23.7 Å². The van der Waals surface area contributed by atoms with Crippen molar-refractivity contribution in [3.63, 3.8) is 0 Å². The second kappa shape index (κ2) is 9.04. The summed E-state index contributed by atoms with van der Waals surface area (Å²) < 4.78 is 10.7. The van der Waals surface area contributed by atoms with Gasteiger partial charge in [-0.2, -0.15) is 5.26 Å². The van der Waals surface area contributed by atoms with Crippen molar-refractivity contribution in [3.05, 3.63) is 70.3 Å². The third kappa shape index (κ3) is 4.01. The standard InChI is InChI=1S/C24H25N3O3S/c1-16(17-7-5-4-6-8-17)26-14-27-23(28)12-19(20(13-25)24(27)31-15-26)18-9-10-21(29-2)22(11-18)30-3/h4-11,16,19H,12,14-15H2,1-3H3/t16-,19+/m0/s1. The molecule has 0 spiro atoms. The van der Waals surface area contributed by atoms with Crippen LogP contribution in [0.25, 0.3) is 0 Å². The van der Waals surface area contributed by atoms with Gasteiger partial charge in [-0.05, 0) is 30.2 Å². The minimum atomic E-state index is -0.283. The lowest BCUT2D eigenvalue weighted by Gasteiger charge is -2.43. The molecule has 0 bridgehead atoms. The highest BCUT2D eigenvalue weighted by Crippen LogP contribution is 2.45. The van der Waals surface area contributed by atoms with Gasteiger partial charge in [0.25, 0.3) is 0 Å². The van der Waals surface area contributed by atoms with Gasteiger partial charge in [0.05, 0.1) is 43.4 Å². The first kappa shape index (κ1) is 21.3. The average Bonchev–Trinajstić information content (AvgIpc) is 2.83. The zero-order valence-corrected chi connectivity index (χ0v) is 18.7. The Kier molecular flexibility index (Phi) is 6.21. The Hall–Kier alpha value is -2.95. The number of thioether (sulfide) groups is 1. The van der Waals surface area contributed by atoms with Gasteiger partial charge < -0.3 is 9.47 Å². The molecule has 7 heteroatoms. The van der Waals surface area contributed by atoms with Crippen molar-refractivity contribution in [2.75, 3.05) is 26.8 Å². The van der Waals surface area contributed by atoms with Gasteiger partial charge in [-0.25, -0.2) is 0 Å². The van der Waals surface area contributed by atoms with Crippen molar-refractivity contribution in [2.45, 2.75) is 25.3 Å². The molecule has 0 radical (unpaired) electrons. The fourth-order valence-corrected chi connectivity index (χ4v) is 5.37. The van der Waals surface area contributed by atoms with Crippen LogP contribution in [0, 0.1) is 11.3 Å². The molecule has 0 saturated carbocycles. The highest BCUT2D eigenvalue weighted by atomic mass is 32.2. The first-order chi connectivity index (χ1) is 15.1. The van der Waals surface area contributed by atoms with E-state index in [1.165, 1.54) is 5.56 Å². The summed E-state index contributed by atoms with van der Waals surface area (Å²) in [5.41, 5.74) is 2.74. The number of carbonyl (C=O) groups excluding carboxylic acids is 1. The van der Waals surface area contributed by atoms with Gasteiger partial charge in [0.2, 0.25) is 5.91 Å². The van der Waals surface area contributed by atoms with E-state index in [9.17, 15) is 10.1 Å². The SMILES string of the molecule is COc1ccc([C@H]2CC(=O)N3CN([C@@H](C)c4ccccc4)CSC3=C2C#N)cc1OC. The van der Waals surface area contributed by atoms with Crippen LogP contribution in [0.5, 0.6) is 11.5 Å². The number of fused-ring (bicyclic) bond motifs is 1. The summed E-state index contributed by atoms with van der Waals surface area (Å²) in [5, 5.41) is 10.8. The number of allylic oxidation sites excluding steroid dienone is 1. The third-order valence-electron chi connectivity index (χ3n) is 5.95. The Labute approximate surface area is 187 Å². The molecular formula is C24H25N3O3S. The van der Waals surface area contributed by atoms with Crippen molar-refractivity contribution in [2.24, 2.45) is 0 Å². The second-order valence-electron chi connectivity index (χ2n) is 7.61. The predicted molar refractivity (Wildman–Crippen MR) is 120 cm³/mol. The van der Waals surface area contributed by atoms with Gasteiger partial charge in [0.1, 0.15) is 0 Å². The van der Waals surface area contributed by atoms with Crippen LogP contribution in [-0.4, -0.2) is 42.5 Å². The minimum Gasteiger partial charge on any atom is -0.493 e. The first-order valence-electron chi connectivity index (χ1n) is 10.2. The molecule has 2 aromatic rings. The molecule has 0 N–H and O–H groups in total. The van der Waals surface area contributed by atoms with Gasteiger partial charge in [0, 0.05) is 18.4 Å². The van der Waals surface area contributed by atoms with Crippen LogP contribution in [0.3, 0.4) is 0 Å². The Bertz CT molecular complexity index is 1050. The van der Waals surface area contributed by atoms with E-state index < -0.39 is 0 Å². The lowest BCUT2D eigenvalue weighted by Crippen LogP contribution is -2.47. The van der Waals surface area contributed by atoms with E-state index in [1.54, 1.807) is 30.9 Å². The number of nitrogens with zero attached hydrogens (tertiary/aromatic N) is 3. The quantitative estimate of drug-likeness (QED) is 0.690. The molecule has 2 aromatic carbocycles. The molecular weight excluding hydrogens is 410 g/mol. The van der Waals surface area contributed by atoms with E-state index in [4.69, 9.17) is 9.47 Å². The maximum absolute atomic E-state index is 13.1. The summed E-state index contributed by atoms with van der Waals surface area (Å²) in [6.45, 7) is 2.64. The van der Waals surface area contributed by atoms with Crippen LogP contribution in [0.15, 0.2) is 59.1 Å². The van der Waals surface area contributed by atoms with Crippen LogP contribution in [0.2, 0.25) is 0 Å². The van der Waals surface area contributed by atoms with Gasteiger partial charge in [-0.1, -0.05) is 48.2 Å². The Morgan fingerprint density at radius 3 is 2.55 bits per heavy atom. The van der Waals surface area contributed by atoms with Gasteiger partial charge >= 0.3 is 0 Å². The van der Waals surface area contributed by atoms with Crippen molar-refractivity contribution in [1.82, 2.24) is 9.80 Å². The molecule has 1 amide bonds. The molecule has 2 atom stereocenters. The number of hydrogen-bond acceptors (Lipinski definition) is 6. The fourth-order valence-electron chi connectivity index (χ4n) is 4.12. The summed E-state index contributed by atoms with van der Waals surface area (Å²) in [6, 6.07) is 18.4. The second-order valence-corrected chi connectivity index (χ2v) is 8.55. The molecule has 2 aliphatic rings. The van der Waals surface area contributed by atoms with Crippen LogP contribution in [-0.2, 0) is 4.79 Å². The van der Waals surface area contributed by atoms with Crippen LogP contribution >= 0.6 is 11.8 Å². The Morgan fingerprint density at radius 1 is 1.13 bits per heavy atom. The molecule has 0 aromatic heterocycles. The van der Waals surface area contributed by atoms with Crippen LogP contribution in [0.1, 0.15) is 36.4 Å². The maximum atomic E-state index is 13.1. The number of amides is 1. The molecule has 0 aliphatic carbocycles. The molecule has 2 aliphatic heterocycles. The molecule has 31 heavy (non-hydrogen) atoms. The third-order valence-corrected chi connectivity index (χ3v) is 7.13. The molecule has 0 unspecified atom stereocenters. The molecule has 4 rings (SSSR count). The smallest absolute Gasteiger partial charge is 0.229 e. The van der Waals surface area contributed by atoms with Crippen LogP contribution < -0.4 is 9.47 Å². The van der Waals surface area contributed by atoms with Crippen molar-refractivity contribution >= 4 is 17.7 Å². The van der Waals surface area contributed by atoms with Gasteiger partial charge in [-0.15, -0.1) is 0 Å². The molecule has 6 nitrogen and oxygen atoms in total. The molecule has 1 fully saturated rings. The highest BCUT2D eigenvalue weighted by molar-refractivity contribution is 8.03. The molecule has 2 heterocycles. The molecule has 160 valence electrons. The monoisotopic (exact) mass is 435 g/mol. The normalized spacial score (nSPS) is 20.1. The summed E-state index contributed by atoms with van der Waals surface area (Å²) in [6.07, 6.45) is 0.260. The lowest BCUT2D eigenvalue weighted by molar-refractivity contribution is -0.132. The average molecular weight is 436 g/mol. The lowest BCUT2D eigenvalue weighted by atomic mass is 9.86. The zero-order chi connectivity index (χ0) is 22.0. The summed E-state index contributed by atoms with van der Waals surface area (Å²) in [7, 11) is 3.17. The van der Waals surface area contributed by atoms with E-state index >= 15 is 0 Å². The highest BCUT2D eigenvalue weighted by Gasteiger charge is 2.39. The van der Waals surface area contributed by atoms with Crippen molar-refractivity contribution < 1.29 is 14.3 Å². The largest absolute Gasteiger partial charge is 0.493 e. The number of hydrogen-bond donors (Lipinski definition) is 0. The van der Waals surface area contributed by atoms with E-state index in [1.807, 2.05) is 36.4 Å². The first-order valence-corrected chi connectivity index (χ1v) is 11.1. The Morgan fingerprint density at radius 2 is 1.87 bits per heavy atom. The number of nitriles is 1. The van der Waals surface area contributed by atoms with Gasteiger partial charge in [0.15, 0.2) is 11.5 Å². The van der Waals surface area contributed by atoms with Crippen LogP contribution in [0.4, 0.5) is 0 Å². The van der Waals surface area contributed by atoms with E-state index in [0.717, 1.165) is 16.5 Å². The number of rotatable bonds is 5. The zero-order valence-electron chi connectivity index (χ0n) is 17.9. The summed E-state index contributed by atoms with van der Waals surface area (Å²) in [5.74, 6) is 1.69. The number of ether oxygens (including phenoxy) is 2. The maximum Gasteiger partial charge on any atom is 0.229 e. The summed E-state index contributed by atoms with van der Waals surface area (Å²) >= 11 is 1.56.